The van der Waals surface area contributed by atoms with Crippen LogP contribution in [0.5, 0.6) is 17.2 Å². The van der Waals surface area contributed by atoms with Crippen molar-refractivity contribution in [3.63, 3.8) is 0 Å². The molecule has 5 unspecified atom stereocenters. The van der Waals surface area contributed by atoms with Gasteiger partial charge in [-0.05, 0) is 31.2 Å². The fourth-order valence-corrected chi connectivity index (χ4v) is 4.19. The van der Waals surface area contributed by atoms with E-state index in [4.69, 9.17) is 18.3 Å². The van der Waals surface area contributed by atoms with Gasteiger partial charge in [-0.3, -0.25) is 4.79 Å². The molecule has 0 spiro atoms. The fourth-order valence-electron chi connectivity index (χ4n) is 4.19. The number of ether oxygens (including phenoxy) is 2. The Kier molecular flexibility index (Phi) is 5.66. The summed E-state index contributed by atoms with van der Waals surface area (Å²) in [5.41, 5.74) is 0.624. The van der Waals surface area contributed by atoms with E-state index in [1.165, 1.54) is 30.3 Å². The normalized spacial score (nSPS) is 24.8. The molecule has 11 heteroatoms. The first-order valence-corrected chi connectivity index (χ1v) is 10.7. The SMILES string of the molecule is Cc1cc2c(OC3OC(CO)C(O)C(O)C3O)c(-c3ccc(O)c(O)c3)oc3cc(=[OH+])cc(o1)c32. The molecule has 0 amide bonds. The van der Waals surface area contributed by atoms with Crippen molar-refractivity contribution in [2.24, 2.45) is 0 Å². The minimum Gasteiger partial charge on any atom is -0.504 e. The maximum Gasteiger partial charge on any atom is 0.347 e. The Morgan fingerprint density at radius 3 is 2.31 bits per heavy atom. The lowest BCUT2D eigenvalue weighted by molar-refractivity contribution is -0.277. The highest BCUT2D eigenvalue weighted by atomic mass is 16.7. The maximum absolute atomic E-state index is 10.5. The van der Waals surface area contributed by atoms with E-state index in [1.807, 2.05) is 0 Å². The number of benzene rings is 2. The second-order valence-corrected chi connectivity index (χ2v) is 8.37. The summed E-state index contributed by atoms with van der Waals surface area (Å²) in [4.78, 5) is 10.2. The molecule has 2 aromatic heterocycles. The van der Waals surface area contributed by atoms with Crippen LogP contribution in [-0.2, 0) is 4.74 Å². The van der Waals surface area contributed by atoms with Crippen LogP contribution in [0.3, 0.4) is 0 Å². The average molecular weight is 487 g/mol. The van der Waals surface area contributed by atoms with Gasteiger partial charge in [-0.1, -0.05) is 0 Å². The lowest BCUT2D eigenvalue weighted by Gasteiger charge is -2.39. The average Bonchev–Trinajstić information content (AvgIpc) is 2.81. The summed E-state index contributed by atoms with van der Waals surface area (Å²) >= 11 is 0. The molecule has 1 aliphatic rings. The molecule has 0 saturated carbocycles. The summed E-state index contributed by atoms with van der Waals surface area (Å²) in [5, 5.41) is 61.1. The van der Waals surface area contributed by atoms with Crippen molar-refractivity contribution in [1.29, 1.82) is 0 Å². The number of aliphatic hydroxyl groups excluding tert-OH is 4. The smallest absolute Gasteiger partial charge is 0.347 e. The largest absolute Gasteiger partial charge is 0.504 e. The summed E-state index contributed by atoms with van der Waals surface area (Å²) in [6.45, 7) is 1.03. The number of aliphatic hydroxyl groups is 4. The number of rotatable bonds is 4. The lowest BCUT2D eigenvalue weighted by atomic mass is 9.99. The van der Waals surface area contributed by atoms with Gasteiger partial charge in [0, 0.05) is 10.9 Å². The van der Waals surface area contributed by atoms with E-state index in [1.54, 1.807) is 13.0 Å². The standard InChI is InChI=1S/C24H22O11/c1-9-4-12-18-15(32-9)6-11(26)7-16(18)33-22(10-2-3-13(27)14(28)5-10)23(12)35-24-21(31)20(30)19(29)17(8-25)34-24/h2-7,17,19-21,24-25,27-31H,8H2,1H3/p+1. The third-order valence-corrected chi connectivity index (χ3v) is 5.92. The van der Waals surface area contributed by atoms with E-state index in [0.717, 1.165) is 0 Å². The zero-order valence-corrected chi connectivity index (χ0v) is 18.3. The first-order chi connectivity index (χ1) is 16.7. The van der Waals surface area contributed by atoms with Gasteiger partial charge in [0.2, 0.25) is 6.29 Å². The molecular weight excluding hydrogens is 464 g/mol. The van der Waals surface area contributed by atoms with Gasteiger partial charge in [0.05, 0.1) is 24.1 Å². The second-order valence-electron chi connectivity index (χ2n) is 8.37. The Morgan fingerprint density at radius 2 is 1.63 bits per heavy atom. The van der Waals surface area contributed by atoms with E-state index in [-0.39, 0.29) is 39.4 Å². The van der Waals surface area contributed by atoms with Crippen LogP contribution >= 0.6 is 0 Å². The first kappa shape index (κ1) is 23.1. The maximum atomic E-state index is 10.5. The van der Waals surface area contributed by atoms with Crippen LogP contribution in [0.4, 0.5) is 0 Å². The molecule has 0 aliphatic carbocycles. The highest BCUT2D eigenvalue weighted by Gasteiger charge is 2.45. The topological polar surface area (TPSA) is 188 Å². The Bertz CT molecular complexity index is 1470. The minimum absolute atomic E-state index is 0.0153. The van der Waals surface area contributed by atoms with Crippen molar-refractivity contribution in [1.82, 2.24) is 0 Å². The van der Waals surface area contributed by atoms with Gasteiger partial charge in [0.15, 0.2) is 23.0 Å². The third-order valence-electron chi connectivity index (χ3n) is 5.92. The molecule has 3 heterocycles. The first-order valence-electron chi connectivity index (χ1n) is 10.7. The number of aromatic hydroxyl groups is 2. The van der Waals surface area contributed by atoms with Gasteiger partial charge in [-0.25, -0.2) is 0 Å². The van der Waals surface area contributed by atoms with Crippen LogP contribution in [0.25, 0.3) is 33.3 Å². The molecule has 1 aliphatic heterocycles. The Hall–Kier alpha value is -3.61. The van der Waals surface area contributed by atoms with Crippen molar-refractivity contribution in [3.8, 4) is 28.6 Å². The second kappa shape index (κ2) is 8.56. The zero-order chi connectivity index (χ0) is 25.0. The molecule has 11 nitrogen and oxygen atoms in total. The Labute approximate surface area is 196 Å². The summed E-state index contributed by atoms with van der Waals surface area (Å²) in [6, 6.07) is 8.30. The van der Waals surface area contributed by atoms with Crippen LogP contribution in [0.15, 0.2) is 45.2 Å². The minimum atomic E-state index is -1.69. The molecule has 5 rings (SSSR count). The number of hydrogen-bond acceptors (Lipinski definition) is 10. The summed E-state index contributed by atoms with van der Waals surface area (Å²) in [5.74, 6) is -0.314. The van der Waals surface area contributed by atoms with E-state index >= 15 is 0 Å². The van der Waals surface area contributed by atoms with E-state index in [0.29, 0.717) is 16.5 Å². The molecule has 0 radical (unpaired) electrons. The van der Waals surface area contributed by atoms with Crippen LogP contribution in [0, 0.1) is 6.92 Å². The molecule has 35 heavy (non-hydrogen) atoms. The number of aryl methyl sites for hydroxylation is 1. The van der Waals surface area contributed by atoms with Gasteiger partial charge < -0.3 is 48.9 Å². The van der Waals surface area contributed by atoms with Crippen molar-refractivity contribution < 1.29 is 53.7 Å². The molecule has 5 atom stereocenters. The van der Waals surface area contributed by atoms with Crippen LogP contribution < -0.4 is 10.2 Å². The third kappa shape index (κ3) is 3.89. The predicted molar refractivity (Wildman–Crippen MR) is 119 cm³/mol. The van der Waals surface area contributed by atoms with Crippen molar-refractivity contribution in [2.45, 2.75) is 37.6 Å². The molecule has 4 aromatic rings. The van der Waals surface area contributed by atoms with Crippen molar-refractivity contribution in [2.75, 3.05) is 6.61 Å². The Morgan fingerprint density at radius 1 is 0.914 bits per heavy atom. The van der Waals surface area contributed by atoms with Gasteiger partial charge in [0.1, 0.15) is 41.3 Å². The van der Waals surface area contributed by atoms with E-state index < -0.39 is 43.1 Å². The number of hydrogen-bond donors (Lipinski definition) is 6. The highest BCUT2D eigenvalue weighted by molar-refractivity contribution is 6.09. The summed E-state index contributed by atoms with van der Waals surface area (Å²) < 4.78 is 23.3. The highest BCUT2D eigenvalue weighted by Crippen LogP contribution is 2.44. The van der Waals surface area contributed by atoms with Crippen LogP contribution in [-0.4, -0.2) is 72.7 Å². The van der Waals surface area contributed by atoms with Gasteiger partial charge in [-0.2, -0.15) is 0 Å². The van der Waals surface area contributed by atoms with Crippen LogP contribution in [0.2, 0.25) is 0 Å². The molecular formula is C24H23O11+. The van der Waals surface area contributed by atoms with E-state index in [2.05, 4.69) is 0 Å². The van der Waals surface area contributed by atoms with Crippen LogP contribution in [0.1, 0.15) is 5.76 Å². The molecule has 1 fully saturated rings. The fraction of sp³-hybridized carbons (Fsp3) is 0.292. The van der Waals surface area contributed by atoms with Gasteiger partial charge >= 0.3 is 5.43 Å². The molecule has 7 N–H and O–H groups in total. The quantitative estimate of drug-likeness (QED) is 0.177. The Balaban J connectivity index is 1.77. The molecule has 1 saturated heterocycles. The zero-order valence-electron chi connectivity index (χ0n) is 18.3. The number of phenolic OH excluding ortho intramolecular Hbond substituents is 2. The summed E-state index contributed by atoms with van der Waals surface area (Å²) in [7, 11) is 0. The predicted octanol–water partition coefficient (Wildman–Crippen LogP) is 0.749. The molecule has 2 aromatic carbocycles. The summed E-state index contributed by atoms with van der Waals surface area (Å²) in [6.07, 6.45) is -7.68. The molecule has 184 valence electrons. The van der Waals surface area contributed by atoms with E-state index in [9.17, 15) is 35.4 Å². The molecule has 0 bridgehead atoms. The number of phenols is 2. The lowest BCUT2D eigenvalue weighted by Crippen LogP contribution is -2.60. The van der Waals surface area contributed by atoms with Crippen molar-refractivity contribution in [3.05, 3.63) is 47.6 Å². The monoisotopic (exact) mass is 487 g/mol. The van der Waals surface area contributed by atoms with Gasteiger partial charge in [-0.15, -0.1) is 0 Å². The van der Waals surface area contributed by atoms with Gasteiger partial charge in [0.25, 0.3) is 0 Å². The van der Waals surface area contributed by atoms with Crippen molar-refractivity contribution >= 4 is 21.9 Å².